The van der Waals surface area contributed by atoms with Gasteiger partial charge in [-0.25, -0.2) is 5.01 Å². The number of anilines is 2. The van der Waals surface area contributed by atoms with E-state index >= 15 is 0 Å². The van der Waals surface area contributed by atoms with Crippen molar-refractivity contribution >= 4 is 11.9 Å². The third-order valence-corrected chi connectivity index (χ3v) is 9.55. The standard InChI is InChI=1S/C34H64N8O/c1-15-30(5,6)26-35-27(40-16-18-43-19-17-40)37-28(36-26)41(24-20-31(7,8)38-32(9,10)21-24)42(29(2,3)4)25-22-33(11,12)39-34(13,14)23-25/h24-25,38-39H,15-23H2,1-14H3. The molecule has 1 aromatic heterocycles. The van der Waals surface area contributed by atoms with Crippen LogP contribution in [0.25, 0.3) is 0 Å². The van der Waals surface area contributed by atoms with E-state index in [1.54, 1.807) is 0 Å². The molecule has 0 aromatic carbocycles. The lowest BCUT2D eigenvalue weighted by atomic mass is 9.77. The van der Waals surface area contributed by atoms with Crippen molar-refractivity contribution in [1.82, 2.24) is 30.6 Å². The summed E-state index contributed by atoms with van der Waals surface area (Å²) in [5.74, 6) is 2.44. The van der Waals surface area contributed by atoms with Gasteiger partial charge < -0.3 is 20.3 Å². The van der Waals surface area contributed by atoms with Crippen molar-refractivity contribution in [2.45, 2.75) is 174 Å². The Balaban J connectivity index is 1.96. The van der Waals surface area contributed by atoms with Gasteiger partial charge in [0.25, 0.3) is 0 Å². The molecule has 3 saturated heterocycles. The highest BCUT2D eigenvalue weighted by Gasteiger charge is 2.49. The summed E-state index contributed by atoms with van der Waals surface area (Å²) in [6, 6.07) is 0.516. The Hall–Kier alpha value is -1.55. The van der Waals surface area contributed by atoms with E-state index in [9.17, 15) is 0 Å². The maximum atomic E-state index is 5.72. The van der Waals surface area contributed by atoms with Crippen LogP contribution in [0.4, 0.5) is 11.9 Å². The van der Waals surface area contributed by atoms with Crippen LogP contribution in [0.3, 0.4) is 0 Å². The molecule has 0 unspecified atom stereocenters. The van der Waals surface area contributed by atoms with E-state index in [0.717, 1.165) is 62.9 Å². The van der Waals surface area contributed by atoms with Gasteiger partial charge in [-0.2, -0.15) is 15.0 Å². The smallest absolute Gasteiger partial charge is 0.245 e. The molecule has 0 amide bonds. The summed E-state index contributed by atoms with van der Waals surface area (Å²) in [7, 11) is 0. The zero-order valence-corrected chi connectivity index (χ0v) is 30.1. The summed E-state index contributed by atoms with van der Waals surface area (Å²) in [6.45, 7) is 35.6. The highest BCUT2D eigenvalue weighted by molar-refractivity contribution is 5.42. The Kier molecular flexibility index (Phi) is 9.31. The first-order chi connectivity index (χ1) is 19.5. The molecule has 0 spiro atoms. The van der Waals surface area contributed by atoms with E-state index in [1.807, 2.05) is 0 Å². The van der Waals surface area contributed by atoms with Crippen LogP contribution in [-0.4, -0.2) is 86.0 Å². The molecule has 4 rings (SSSR count). The van der Waals surface area contributed by atoms with Crippen LogP contribution in [0.15, 0.2) is 0 Å². The second kappa shape index (κ2) is 11.7. The van der Waals surface area contributed by atoms with E-state index in [-0.39, 0.29) is 39.2 Å². The normalized spacial score (nSPS) is 24.8. The van der Waals surface area contributed by atoms with Gasteiger partial charge in [-0.05, 0) is 108 Å². The fraction of sp³-hybridized carbons (Fsp3) is 0.912. The van der Waals surface area contributed by atoms with Gasteiger partial charge in [0.2, 0.25) is 11.9 Å². The third kappa shape index (κ3) is 8.19. The monoisotopic (exact) mass is 601 g/mol. The molecule has 43 heavy (non-hydrogen) atoms. The minimum Gasteiger partial charge on any atom is -0.378 e. The van der Waals surface area contributed by atoms with Crippen LogP contribution in [0.5, 0.6) is 0 Å². The average molecular weight is 601 g/mol. The highest BCUT2D eigenvalue weighted by Crippen LogP contribution is 2.41. The van der Waals surface area contributed by atoms with Crippen LogP contribution in [-0.2, 0) is 10.2 Å². The first-order valence-electron chi connectivity index (χ1n) is 16.8. The van der Waals surface area contributed by atoms with E-state index < -0.39 is 0 Å². The number of nitrogens with one attached hydrogen (secondary N) is 2. The minimum atomic E-state index is -0.178. The average Bonchev–Trinajstić information content (AvgIpc) is 2.82. The molecule has 0 radical (unpaired) electrons. The number of nitrogens with zero attached hydrogens (tertiary/aromatic N) is 6. The lowest BCUT2D eigenvalue weighted by Crippen LogP contribution is -2.71. The Bertz CT molecular complexity index is 1080. The molecule has 3 fully saturated rings. The molecule has 0 saturated carbocycles. The molecule has 0 atom stereocenters. The summed E-state index contributed by atoms with van der Waals surface area (Å²) >= 11 is 0. The molecule has 246 valence electrons. The predicted octanol–water partition coefficient (Wildman–Crippen LogP) is 5.84. The number of hydrogen-bond donors (Lipinski definition) is 2. The zero-order chi connectivity index (χ0) is 32.2. The van der Waals surface area contributed by atoms with Crippen LogP contribution in [0, 0.1) is 0 Å². The molecule has 0 aliphatic carbocycles. The van der Waals surface area contributed by atoms with Gasteiger partial charge >= 0.3 is 0 Å². The first kappa shape index (κ1) is 34.3. The Morgan fingerprint density at radius 1 is 0.744 bits per heavy atom. The number of rotatable bonds is 7. The first-order valence-corrected chi connectivity index (χ1v) is 16.8. The van der Waals surface area contributed by atoms with Gasteiger partial charge in [0.05, 0.1) is 19.3 Å². The Morgan fingerprint density at radius 3 is 1.65 bits per heavy atom. The van der Waals surface area contributed by atoms with Crippen molar-refractivity contribution in [2.24, 2.45) is 0 Å². The van der Waals surface area contributed by atoms with Crippen molar-refractivity contribution in [1.29, 1.82) is 0 Å². The molecule has 3 aliphatic rings. The number of morpholine rings is 1. The van der Waals surface area contributed by atoms with Gasteiger partial charge in [-0.15, -0.1) is 0 Å². The van der Waals surface area contributed by atoms with Gasteiger partial charge in [0, 0.05) is 52.2 Å². The third-order valence-electron chi connectivity index (χ3n) is 9.55. The second-order valence-corrected chi connectivity index (χ2v) is 17.9. The van der Waals surface area contributed by atoms with Gasteiger partial charge in [-0.3, -0.25) is 5.01 Å². The molecule has 2 N–H and O–H groups in total. The molecular weight excluding hydrogens is 536 g/mol. The molecule has 4 heterocycles. The summed E-state index contributed by atoms with van der Waals surface area (Å²) in [5, 5.41) is 13.1. The number of aromatic nitrogens is 3. The summed E-state index contributed by atoms with van der Waals surface area (Å²) < 4.78 is 5.72. The van der Waals surface area contributed by atoms with Gasteiger partial charge in [-0.1, -0.05) is 20.8 Å². The number of hydrazine groups is 1. The fourth-order valence-corrected chi connectivity index (χ4v) is 8.19. The molecular formula is C34H64N8O. The van der Waals surface area contributed by atoms with Crippen LogP contribution in [0.1, 0.15) is 135 Å². The van der Waals surface area contributed by atoms with Gasteiger partial charge in [0.1, 0.15) is 5.82 Å². The van der Waals surface area contributed by atoms with Crippen LogP contribution in [0.2, 0.25) is 0 Å². The summed E-state index contributed by atoms with van der Waals surface area (Å²) in [5.41, 5.74) is -0.413. The molecule has 3 aliphatic heterocycles. The minimum absolute atomic E-state index is 0.00166. The molecule has 0 bridgehead atoms. The maximum Gasteiger partial charge on any atom is 0.245 e. The molecule has 9 nitrogen and oxygen atoms in total. The number of piperidine rings is 2. The Labute approximate surface area is 263 Å². The predicted molar refractivity (Wildman–Crippen MR) is 179 cm³/mol. The zero-order valence-electron chi connectivity index (χ0n) is 30.1. The summed E-state index contributed by atoms with van der Waals surface area (Å²) in [6.07, 6.45) is 5.01. The van der Waals surface area contributed by atoms with Crippen LogP contribution >= 0.6 is 0 Å². The van der Waals surface area contributed by atoms with Crippen molar-refractivity contribution in [3.63, 3.8) is 0 Å². The lowest BCUT2D eigenvalue weighted by molar-refractivity contribution is -0.0170. The molecule has 9 heteroatoms. The van der Waals surface area contributed by atoms with Crippen molar-refractivity contribution in [3.05, 3.63) is 5.82 Å². The Morgan fingerprint density at radius 2 is 1.21 bits per heavy atom. The van der Waals surface area contributed by atoms with Crippen molar-refractivity contribution < 1.29 is 4.74 Å². The quantitative estimate of drug-likeness (QED) is 0.375. The van der Waals surface area contributed by atoms with E-state index in [4.69, 9.17) is 19.7 Å². The summed E-state index contributed by atoms with van der Waals surface area (Å²) in [4.78, 5) is 18.2. The lowest BCUT2D eigenvalue weighted by Gasteiger charge is -2.59. The SMILES string of the molecule is CCC(C)(C)c1nc(N2CCOCC2)nc(N(C2CC(C)(C)NC(C)(C)C2)N(C2CC(C)(C)NC(C)(C)C2)C(C)(C)C)n1. The topological polar surface area (TPSA) is 81.7 Å². The van der Waals surface area contributed by atoms with E-state index in [2.05, 4.69) is 122 Å². The van der Waals surface area contributed by atoms with Crippen molar-refractivity contribution in [3.8, 4) is 0 Å². The largest absolute Gasteiger partial charge is 0.378 e. The number of hydrogen-bond acceptors (Lipinski definition) is 9. The highest BCUT2D eigenvalue weighted by atomic mass is 16.5. The maximum absolute atomic E-state index is 5.72. The van der Waals surface area contributed by atoms with Crippen molar-refractivity contribution in [2.75, 3.05) is 36.2 Å². The van der Waals surface area contributed by atoms with Crippen LogP contribution < -0.4 is 20.5 Å². The second-order valence-electron chi connectivity index (χ2n) is 17.9. The molecule has 1 aromatic rings. The van der Waals surface area contributed by atoms with E-state index in [1.165, 1.54) is 0 Å². The number of ether oxygens (including phenoxy) is 1. The fourth-order valence-electron chi connectivity index (χ4n) is 8.19. The van der Waals surface area contributed by atoms with Gasteiger partial charge in [0.15, 0.2) is 0 Å². The van der Waals surface area contributed by atoms with E-state index in [0.29, 0.717) is 19.3 Å².